The summed E-state index contributed by atoms with van der Waals surface area (Å²) < 4.78 is 5.46. The Bertz CT molecular complexity index is 275. The van der Waals surface area contributed by atoms with Crippen molar-refractivity contribution >= 4 is 5.78 Å². The Labute approximate surface area is 110 Å². The van der Waals surface area contributed by atoms with Crippen LogP contribution in [0.5, 0.6) is 0 Å². The third-order valence-electron chi connectivity index (χ3n) is 4.00. The molecule has 0 aromatic heterocycles. The molecule has 2 heterocycles. The van der Waals surface area contributed by atoms with Crippen LogP contribution in [0.15, 0.2) is 0 Å². The van der Waals surface area contributed by atoms with Gasteiger partial charge in [-0.1, -0.05) is 0 Å². The molecule has 0 aromatic rings. The van der Waals surface area contributed by atoms with Gasteiger partial charge in [0.05, 0.1) is 12.1 Å². The molecule has 18 heavy (non-hydrogen) atoms. The summed E-state index contributed by atoms with van der Waals surface area (Å²) in [5.41, 5.74) is 0. The summed E-state index contributed by atoms with van der Waals surface area (Å²) in [6, 6.07) is 0.716. The molecule has 0 spiro atoms. The fourth-order valence-corrected chi connectivity index (χ4v) is 3.06. The van der Waals surface area contributed by atoms with Crippen LogP contribution in [-0.2, 0) is 9.53 Å². The normalized spacial score (nSPS) is 26.9. The van der Waals surface area contributed by atoms with Crippen molar-refractivity contribution < 1.29 is 9.53 Å². The van der Waals surface area contributed by atoms with Gasteiger partial charge in [-0.2, -0.15) is 0 Å². The van der Waals surface area contributed by atoms with Crippen molar-refractivity contribution in [1.82, 2.24) is 10.2 Å². The molecule has 2 fully saturated rings. The molecular weight excluding hydrogens is 228 g/mol. The van der Waals surface area contributed by atoms with Gasteiger partial charge < -0.3 is 10.1 Å². The van der Waals surface area contributed by atoms with E-state index in [1.807, 2.05) is 13.8 Å². The fraction of sp³-hybridized carbons (Fsp3) is 0.929. The van der Waals surface area contributed by atoms with E-state index in [1.54, 1.807) is 0 Å². The second kappa shape index (κ2) is 6.64. The molecule has 2 saturated heterocycles. The van der Waals surface area contributed by atoms with Gasteiger partial charge in [0, 0.05) is 6.04 Å². The van der Waals surface area contributed by atoms with Crippen LogP contribution < -0.4 is 5.32 Å². The highest BCUT2D eigenvalue weighted by Crippen LogP contribution is 2.25. The number of hydrogen-bond acceptors (Lipinski definition) is 4. The van der Waals surface area contributed by atoms with Crippen molar-refractivity contribution in [2.45, 2.75) is 57.7 Å². The molecule has 4 nitrogen and oxygen atoms in total. The summed E-state index contributed by atoms with van der Waals surface area (Å²) in [5, 5.41) is 3.39. The maximum atomic E-state index is 12.2. The number of piperidine rings is 1. The lowest BCUT2D eigenvalue weighted by molar-refractivity contribution is -0.130. The number of carbonyl (C=O) groups excluding carboxylic acids is 1. The SMILES string of the molecule is CC(C)OCC(=O)C1CCCN1C1CCNCC1. The number of likely N-dealkylation sites (tertiary alicyclic amines) is 1. The molecule has 0 bridgehead atoms. The van der Waals surface area contributed by atoms with Gasteiger partial charge in [0.15, 0.2) is 5.78 Å². The van der Waals surface area contributed by atoms with Gasteiger partial charge in [-0.25, -0.2) is 0 Å². The van der Waals surface area contributed by atoms with Crippen LogP contribution in [0, 0.1) is 0 Å². The summed E-state index contributed by atoms with van der Waals surface area (Å²) in [5.74, 6) is 0.278. The summed E-state index contributed by atoms with van der Waals surface area (Å²) in [6.07, 6.45) is 4.67. The molecule has 0 aliphatic carbocycles. The zero-order valence-electron chi connectivity index (χ0n) is 11.7. The van der Waals surface area contributed by atoms with Gasteiger partial charge in [0.25, 0.3) is 0 Å². The van der Waals surface area contributed by atoms with E-state index in [0.29, 0.717) is 6.04 Å². The van der Waals surface area contributed by atoms with Crippen molar-refractivity contribution in [3.05, 3.63) is 0 Å². The van der Waals surface area contributed by atoms with Gasteiger partial charge in [-0.3, -0.25) is 9.69 Å². The van der Waals surface area contributed by atoms with E-state index in [9.17, 15) is 4.79 Å². The van der Waals surface area contributed by atoms with E-state index in [0.717, 1.165) is 32.5 Å². The Kier molecular flexibility index (Phi) is 5.15. The molecule has 1 N–H and O–H groups in total. The van der Waals surface area contributed by atoms with Gasteiger partial charge in [0.1, 0.15) is 6.61 Å². The molecular formula is C14H26N2O2. The first-order valence-corrected chi connectivity index (χ1v) is 7.29. The zero-order chi connectivity index (χ0) is 13.0. The third-order valence-corrected chi connectivity index (χ3v) is 4.00. The number of carbonyl (C=O) groups is 1. The molecule has 104 valence electrons. The highest BCUT2D eigenvalue weighted by Gasteiger charge is 2.35. The first-order chi connectivity index (χ1) is 8.68. The largest absolute Gasteiger partial charge is 0.371 e. The highest BCUT2D eigenvalue weighted by atomic mass is 16.5. The fourth-order valence-electron chi connectivity index (χ4n) is 3.06. The number of rotatable bonds is 5. The molecule has 4 heteroatoms. The topological polar surface area (TPSA) is 41.6 Å². The van der Waals surface area contributed by atoms with Crippen LogP contribution in [0.2, 0.25) is 0 Å². The lowest BCUT2D eigenvalue weighted by atomic mass is 10.0. The molecule has 2 aliphatic heterocycles. The summed E-state index contributed by atoms with van der Waals surface area (Å²) in [7, 11) is 0. The molecule has 0 aromatic carbocycles. The Morgan fingerprint density at radius 1 is 1.33 bits per heavy atom. The minimum absolute atomic E-state index is 0.117. The van der Waals surface area contributed by atoms with E-state index in [1.165, 1.54) is 12.8 Å². The number of Topliss-reactive ketones (excluding diaryl/α,β-unsaturated/α-hetero) is 1. The number of nitrogens with zero attached hydrogens (tertiary/aromatic N) is 1. The number of ether oxygens (including phenoxy) is 1. The second-order valence-electron chi connectivity index (χ2n) is 5.70. The zero-order valence-corrected chi connectivity index (χ0v) is 11.7. The summed E-state index contributed by atoms with van der Waals surface area (Å²) in [4.78, 5) is 14.7. The maximum absolute atomic E-state index is 12.2. The number of ketones is 1. The van der Waals surface area contributed by atoms with Gasteiger partial charge >= 0.3 is 0 Å². The Morgan fingerprint density at radius 3 is 2.72 bits per heavy atom. The predicted octanol–water partition coefficient (Wildman–Crippen LogP) is 1.20. The van der Waals surface area contributed by atoms with Crippen LogP contribution in [-0.4, -0.2) is 55.1 Å². The Morgan fingerprint density at radius 2 is 2.06 bits per heavy atom. The Hall–Kier alpha value is -0.450. The van der Waals surface area contributed by atoms with Crippen molar-refractivity contribution in [3.63, 3.8) is 0 Å². The van der Waals surface area contributed by atoms with E-state index in [2.05, 4.69) is 10.2 Å². The van der Waals surface area contributed by atoms with Crippen LogP contribution in [0.25, 0.3) is 0 Å². The van der Waals surface area contributed by atoms with Crippen molar-refractivity contribution in [1.29, 1.82) is 0 Å². The lowest BCUT2D eigenvalue weighted by Crippen LogP contribution is -2.48. The first kappa shape index (κ1) is 14.0. The van der Waals surface area contributed by atoms with Crippen molar-refractivity contribution in [3.8, 4) is 0 Å². The average molecular weight is 254 g/mol. The number of hydrogen-bond donors (Lipinski definition) is 1. The van der Waals surface area contributed by atoms with Crippen LogP contribution in [0.4, 0.5) is 0 Å². The smallest absolute Gasteiger partial charge is 0.175 e. The quantitative estimate of drug-likeness (QED) is 0.800. The summed E-state index contributed by atoms with van der Waals surface area (Å²) in [6.45, 7) is 7.50. The van der Waals surface area contributed by atoms with Crippen LogP contribution in [0.1, 0.15) is 39.5 Å². The van der Waals surface area contributed by atoms with Crippen LogP contribution in [0.3, 0.4) is 0 Å². The Balaban J connectivity index is 1.87. The number of nitrogens with one attached hydrogen (secondary N) is 1. The van der Waals surface area contributed by atoms with Crippen LogP contribution >= 0.6 is 0 Å². The summed E-state index contributed by atoms with van der Waals surface area (Å²) >= 11 is 0. The minimum Gasteiger partial charge on any atom is -0.371 e. The van der Waals surface area contributed by atoms with E-state index in [-0.39, 0.29) is 24.5 Å². The molecule has 0 saturated carbocycles. The second-order valence-corrected chi connectivity index (χ2v) is 5.70. The minimum atomic E-state index is 0.117. The maximum Gasteiger partial charge on any atom is 0.175 e. The molecule has 0 radical (unpaired) electrons. The van der Waals surface area contributed by atoms with Gasteiger partial charge in [-0.15, -0.1) is 0 Å². The van der Waals surface area contributed by atoms with Crippen molar-refractivity contribution in [2.75, 3.05) is 26.2 Å². The lowest BCUT2D eigenvalue weighted by Gasteiger charge is -2.35. The highest BCUT2D eigenvalue weighted by molar-refractivity contribution is 5.85. The average Bonchev–Trinajstić information content (AvgIpc) is 2.86. The monoisotopic (exact) mass is 254 g/mol. The van der Waals surface area contributed by atoms with E-state index >= 15 is 0 Å². The van der Waals surface area contributed by atoms with E-state index in [4.69, 9.17) is 4.74 Å². The van der Waals surface area contributed by atoms with Gasteiger partial charge in [0.2, 0.25) is 0 Å². The predicted molar refractivity (Wildman–Crippen MR) is 71.7 cm³/mol. The first-order valence-electron chi connectivity index (χ1n) is 7.29. The standard InChI is InChI=1S/C14H26N2O2/c1-11(2)18-10-14(17)13-4-3-9-16(13)12-5-7-15-8-6-12/h11-13,15H,3-10H2,1-2H3. The molecule has 2 rings (SSSR count). The molecule has 1 atom stereocenters. The van der Waals surface area contributed by atoms with Gasteiger partial charge in [-0.05, 0) is 59.2 Å². The molecule has 0 amide bonds. The van der Waals surface area contributed by atoms with Crippen molar-refractivity contribution in [2.24, 2.45) is 0 Å². The molecule has 1 unspecified atom stereocenters. The molecule has 2 aliphatic rings. The third kappa shape index (κ3) is 3.53. The van der Waals surface area contributed by atoms with E-state index < -0.39 is 0 Å².